The van der Waals surface area contributed by atoms with Crippen molar-refractivity contribution in [3.8, 4) is 90.8 Å². The van der Waals surface area contributed by atoms with Gasteiger partial charge in [0, 0.05) is 27.8 Å². The van der Waals surface area contributed by atoms with E-state index >= 15 is 0 Å². The minimum absolute atomic E-state index is 0.834. The van der Waals surface area contributed by atoms with Gasteiger partial charge in [0.25, 0.3) is 0 Å². The molecule has 2 aromatic heterocycles. The number of fused-ring (bicyclic) bond motifs is 1. The molecule has 0 aliphatic carbocycles. The van der Waals surface area contributed by atoms with Gasteiger partial charge in [-0.15, -0.1) is 6.42 Å². The van der Waals surface area contributed by atoms with Crippen molar-refractivity contribution in [1.29, 1.82) is 0 Å². The zero-order valence-electron chi connectivity index (χ0n) is 34.9. The van der Waals surface area contributed by atoms with Crippen LogP contribution in [0.25, 0.3) is 101 Å². The highest BCUT2D eigenvalue weighted by Gasteiger charge is 2.14. The lowest BCUT2D eigenvalue weighted by Gasteiger charge is -2.13. The molecule has 0 bridgehead atoms. The normalized spacial score (nSPS) is 11.9. The van der Waals surface area contributed by atoms with Gasteiger partial charge in [-0.1, -0.05) is 200 Å². The number of aromatic nitrogens is 2. The zero-order valence-corrected chi connectivity index (χ0v) is 34.9. The summed E-state index contributed by atoms with van der Waals surface area (Å²) in [6, 6.07) is 78.7. The Morgan fingerprint density at radius 1 is 0.381 bits per heavy atom. The van der Waals surface area contributed by atoms with Crippen LogP contribution in [-0.2, 0) is 0 Å². The molecule has 0 radical (unpaired) electrons. The molecule has 0 aliphatic heterocycles. The van der Waals surface area contributed by atoms with Gasteiger partial charge in [0.1, 0.15) is 0 Å². The van der Waals surface area contributed by atoms with Crippen molar-refractivity contribution in [2.24, 2.45) is 0 Å². The fourth-order valence-electron chi connectivity index (χ4n) is 8.62. The molecule has 0 unspecified atom stereocenters. The standard InChI is InChI=1S/C61H42N2/c1-3-52(46-28-17-30-48(36-46)60-40-50(42-20-9-5-10-21-42)38-58(62-60)44-24-13-7-14-25-44)56-34-35-57-54(32-19-33-55(57)53(56)4-2)47-29-18-31-49(37-47)61-41-51(43-22-11-6-12-23-43)39-59(63-61)45-26-15-8-16-27-45/h1,4-41H,2H3/b53-4-,56-52+. The third-order valence-corrected chi connectivity index (χ3v) is 11.7. The van der Waals surface area contributed by atoms with E-state index in [0.29, 0.717) is 0 Å². The molecule has 2 nitrogen and oxygen atoms in total. The van der Waals surface area contributed by atoms with Gasteiger partial charge in [-0.2, -0.15) is 0 Å². The van der Waals surface area contributed by atoms with E-state index in [2.05, 4.69) is 225 Å². The monoisotopic (exact) mass is 802 g/mol. The largest absolute Gasteiger partial charge is 0.248 e. The molecule has 0 amide bonds. The number of nitrogens with zero attached hydrogens (tertiary/aromatic N) is 2. The quantitative estimate of drug-likeness (QED) is 0.143. The van der Waals surface area contributed by atoms with Gasteiger partial charge in [0.15, 0.2) is 0 Å². The van der Waals surface area contributed by atoms with E-state index in [1.165, 1.54) is 0 Å². The lowest BCUT2D eigenvalue weighted by atomic mass is 9.92. The average Bonchev–Trinajstić information content (AvgIpc) is 3.37. The summed E-state index contributed by atoms with van der Waals surface area (Å²) in [6.07, 6.45) is 8.64. The molecule has 8 aromatic carbocycles. The van der Waals surface area contributed by atoms with Crippen LogP contribution in [0.3, 0.4) is 0 Å². The predicted molar refractivity (Wildman–Crippen MR) is 265 cm³/mol. The van der Waals surface area contributed by atoms with Crippen molar-refractivity contribution < 1.29 is 0 Å². The number of hydrogen-bond acceptors (Lipinski definition) is 2. The predicted octanol–water partition coefficient (Wildman–Crippen LogP) is 13.9. The second-order valence-corrected chi connectivity index (χ2v) is 15.6. The van der Waals surface area contributed by atoms with Crippen LogP contribution in [0.1, 0.15) is 12.5 Å². The van der Waals surface area contributed by atoms with Gasteiger partial charge in [-0.05, 0) is 103 Å². The summed E-state index contributed by atoms with van der Waals surface area (Å²) in [4.78, 5) is 10.4. The summed E-state index contributed by atoms with van der Waals surface area (Å²) in [5.41, 5.74) is 16.5. The highest BCUT2D eigenvalue weighted by molar-refractivity contribution is 5.98. The fraction of sp³-hybridized carbons (Fsp3) is 0.0164. The molecule has 10 aromatic rings. The molecule has 0 saturated heterocycles. The van der Waals surface area contributed by atoms with Crippen LogP contribution in [0.15, 0.2) is 224 Å². The summed E-state index contributed by atoms with van der Waals surface area (Å²) < 4.78 is 0. The molecule has 0 N–H and O–H groups in total. The Bertz CT molecular complexity index is 3320. The minimum Gasteiger partial charge on any atom is -0.248 e. The topological polar surface area (TPSA) is 25.8 Å². The molecule has 2 heterocycles. The van der Waals surface area contributed by atoms with Crippen molar-refractivity contribution in [3.05, 3.63) is 240 Å². The zero-order chi connectivity index (χ0) is 42.5. The summed E-state index contributed by atoms with van der Waals surface area (Å²) in [5, 5.41) is 4.41. The summed E-state index contributed by atoms with van der Waals surface area (Å²) >= 11 is 0. The molecule has 0 atom stereocenters. The second kappa shape index (κ2) is 17.3. The van der Waals surface area contributed by atoms with Gasteiger partial charge in [0.2, 0.25) is 0 Å². The van der Waals surface area contributed by atoms with E-state index in [1.807, 2.05) is 18.2 Å². The minimum atomic E-state index is 0.834. The van der Waals surface area contributed by atoms with Crippen LogP contribution in [0.4, 0.5) is 0 Å². The first kappa shape index (κ1) is 38.8. The Morgan fingerprint density at radius 3 is 1.35 bits per heavy atom. The van der Waals surface area contributed by atoms with Crippen molar-refractivity contribution in [2.45, 2.75) is 6.92 Å². The van der Waals surface area contributed by atoms with E-state index in [9.17, 15) is 0 Å². The van der Waals surface area contributed by atoms with Crippen LogP contribution >= 0.6 is 0 Å². The van der Waals surface area contributed by atoms with Crippen molar-refractivity contribution in [2.75, 3.05) is 0 Å². The SMILES string of the molecule is C#C/C(c1cccc(-c2cc(-c3ccccc3)cc(-c3ccccc3)n2)c1)=c1/ccc2c(-c3cccc(-c4cc(-c5ccccc5)cc(-c5ccccc5)n4)c3)cccc2/c1=C/C. The molecule has 296 valence electrons. The maximum Gasteiger partial charge on any atom is 0.0715 e. The number of hydrogen-bond donors (Lipinski definition) is 0. The number of terminal acetylenes is 1. The highest BCUT2D eigenvalue weighted by atomic mass is 14.7. The van der Waals surface area contributed by atoms with Gasteiger partial charge >= 0.3 is 0 Å². The first-order chi connectivity index (χ1) is 31.1. The first-order valence-electron chi connectivity index (χ1n) is 21.3. The van der Waals surface area contributed by atoms with E-state index < -0.39 is 0 Å². The van der Waals surface area contributed by atoms with E-state index in [0.717, 1.165) is 111 Å². The Hall–Kier alpha value is -8.38. The lowest BCUT2D eigenvalue weighted by Crippen LogP contribution is -2.27. The summed E-state index contributed by atoms with van der Waals surface area (Å²) in [5.74, 6) is 3.10. The lowest BCUT2D eigenvalue weighted by molar-refractivity contribution is 1.32. The van der Waals surface area contributed by atoms with Crippen LogP contribution < -0.4 is 10.4 Å². The van der Waals surface area contributed by atoms with Gasteiger partial charge in [-0.25, -0.2) is 9.97 Å². The molecule has 0 spiro atoms. The molecule has 0 aliphatic rings. The number of benzene rings is 8. The molecule has 10 rings (SSSR count). The van der Waals surface area contributed by atoms with Crippen molar-refractivity contribution in [3.63, 3.8) is 0 Å². The molecule has 2 heteroatoms. The van der Waals surface area contributed by atoms with Crippen LogP contribution in [0, 0.1) is 12.3 Å². The second-order valence-electron chi connectivity index (χ2n) is 15.6. The third kappa shape index (κ3) is 7.88. The van der Waals surface area contributed by atoms with Gasteiger partial charge in [-0.3, -0.25) is 0 Å². The Kier molecular flexibility index (Phi) is 10.7. The molecular weight excluding hydrogens is 761 g/mol. The van der Waals surface area contributed by atoms with Crippen molar-refractivity contribution in [1.82, 2.24) is 9.97 Å². The highest BCUT2D eigenvalue weighted by Crippen LogP contribution is 2.35. The van der Waals surface area contributed by atoms with Crippen LogP contribution in [0.2, 0.25) is 0 Å². The maximum absolute atomic E-state index is 6.46. The molecule has 63 heavy (non-hydrogen) atoms. The van der Waals surface area contributed by atoms with Gasteiger partial charge in [0.05, 0.1) is 22.8 Å². The molecule has 0 fully saturated rings. The third-order valence-electron chi connectivity index (χ3n) is 11.7. The number of pyridine rings is 2. The average molecular weight is 803 g/mol. The van der Waals surface area contributed by atoms with Crippen LogP contribution in [0.5, 0.6) is 0 Å². The Morgan fingerprint density at radius 2 is 0.825 bits per heavy atom. The van der Waals surface area contributed by atoms with Crippen LogP contribution in [-0.4, -0.2) is 9.97 Å². The fourth-order valence-corrected chi connectivity index (χ4v) is 8.62. The first-order valence-corrected chi connectivity index (χ1v) is 21.3. The Balaban J connectivity index is 1.07. The summed E-state index contributed by atoms with van der Waals surface area (Å²) in [6.45, 7) is 2.09. The maximum atomic E-state index is 6.46. The molecule has 0 saturated carbocycles. The van der Waals surface area contributed by atoms with E-state index in [-0.39, 0.29) is 0 Å². The Labute approximate surface area is 368 Å². The van der Waals surface area contributed by atoms with E-state index in [4.69, 9.17) is 16.4 Å². The van der Waals surface area contributed by atoms with Crippen molar-refractivity contribution >= 4 is 22.4 Å². The number of rotatable bonds is 8. The smallest absolute Gasteiger partial charge is 0.0715 e. The van der Waals surface area contributed by atoms with Gasteiger partial charge < -0.3 is 0 Å². The summed E-state index contributed by atoms with van der Waals surface area (Å²) in [7, 11) is 0. The van der Waals surface area contributed by atoms with E-state index in [1.54, 1.807) is 0 Å². The molecular formula is C61H42N2.